The molecule has 0 saturated heterocycles. The van der Waals surface area contributed by atoms with Gasteiger partial charge in [-0.25, -0.2) is 0 Å². The van der Waals surface area contributed by atoms with E-state index >= 15 is 0 Å². The van der Waals surface area contributed by atoms with Gasteiger partial charge in [0.15, 0.2) is 0 Å². The molecule has 13 heavy (non-hydrogen) atoms. The van der Waals surface area contributed by atoms with Crippen LogP contribution in [-0.4, -0.2) is 5.78 Å². The molecule has 0 spiro atoms. The van der Waals surface area contributed by atoms with Crippen LogP contribution < -0.4 is 0 Å². The van der Waals surface area contributed by atoms with Gasteiger partial charge in [0.2, 0.25) is 0 Å². The number of ketones is 1. The largest absolute Gasteiger partial charge is 0.300 e. The molecule has 0 bridgehead atoms. The monoisotopic (exact) mass is 360 g/mol. The summed E-state index contributed by atoms with van der Waals surface area (Å²) >= 11 is 0. The van der Waals surface area contributed by atoms with Gasteiger partial charge in [-0.3, -0.25) is 0 Å². The summed E-state index contributed by atoms with van der Waals surface area (Å²) in [4.78, 5) is 10.6. The Kier molecular flexibility index (Phi) is 10.6. The first-order valence-electron chi connectivity index (χ1n) is 3.82. The summed E-state index contributed by atoms with van der Waals surface area (Å²) < 4.78 is 0. The van der Waals surface area contributed by atoms with Crippen molar-refractivity contribution in [3.05, 3.63) is 35.9 Å². The van der Waals surface area contributed by atoms with Crippen molar-refractivity contribution in [2.75, 3.05) is 0 Å². The molecule has 0 radical (unpaired) electrons. The predicted molar refractivity (Wildman–Crippen MR) is 45.4 cm³/mol. The van der Waals surface area contributed by atoms with Gasteiger partial charge >= 0.3 is 0 Å². The maximum absolute atomic E-state index is 10.6. The Balaban J connectivity index is 0. The quantitative estimate of drug-likeness (QED) is 0.755. The van der Waals surface area contributed by atoms with Gasteiger partial charge in [0.25, 0.3) is 0 Å². The zero-order chi connectivity index (χ0) is 8.10. The fourth-order valence-electron chi connectivity index (χ4n) is 0.965. The Bertz CT molecular complexity index is 234. The van der Waals surface area contributed by atoms with Crippen LogP contribution >= 0.6 is 0 Å². The van der Waals surface area contributed by atoms with E-state index < -0.39 is 0 Å². The van der Waals surface area contributed by atoms with Crippen LogP contribution in [0.1, 0.15) is 18.9 Å². The van der Waals surface area contributed by atoms with Crippen molar-refractivity contribution in [1.82, 2.24) is 0 Å². The molecular formula is C10H12OPd2. The first-order chi connectivity index (χ1) is 5.29. The fraction of sp³-hybridized carbons (Fsp3) is 0.300. The SMILES string of the molecule is CC(=O)CCc1ccccc1.[Pd].[Pd]. The van der Waals surface area contributed by atoms with Gasteiger partial charge in [-0.2, -0.15) is 0 Å². The molecule has 0 unspecified atom stereocenters. The average molecular weight is 361 g/mol. The molecule has 0 aliphatic carbocycles. The second-order valence-corrected chi connectivity index (χ2v) is 2.69. The van der Waals surface area contributed by atoms with Crippen LogP contribution in [-0.2, 0) is 52.1 Å². The van der Waals surface area contributed by atoms with Gasteiger partial charge in [-0.15, -0.1) is 0 Å². The first-order valence-corrected chi connectivity index (χ1v) is 3.82. The molecule has 0 N–H and O–H groups in total. The first kappa shape index (κ1) is 15.7. The smallest absolute Gasteiger partial charge is 0.130 e. The van der Waals surface area contributed by atoms with Crippen LogP contribution in [0.25, 0.3) is 0 Å². The van der Waals surface area contributed by atoms with Crippen LogP contribution in [0.3, 0.4) is 0 Å². The van der Waals surface area contributed by atoms with E-state index in [4.69, 9.17) is 0 Å². The Morgan fingerprint density at radius 2 is 1.69 bits per heavy atom. The minimum Gasteiger partial charge on any atom is -0.300 e. The van der Waals surface area contributed by atoms with E-state index in [0.717, 1.165) is 6.42 Å². The molecule has 0 saturated carbocycles. The molecule has 78 valence electrons. The number of hydrogen-bond donors (Lipinski definition) is 0. The number of hydrogen-bond acceptors (Lipinski definition) is 1. The minimum atomic E-state index is 0. The standard InChI is InChI=1S/C10H12O.2Pd/c1-9(11)7-8-10-5-3-2-4-6-10;;/h2-6H,7-8H2,1H3;;. The molecule has 0 aliphatic heterocycles. The average Bonchev–Trinajstić information content (AvgIpc) is 2.03. The molecule has 1 aromatic rings. The second-order valence-electron chi connectivity index (χ2n) is 2.69. The summed E-state index contributed by atoms with van der Waals surface area (Å²) in [7, 11) is 0. The van der Waals surface area contributed by atoms with E-state index in [1.54, 1.807) is 6.92 Å². The van der Waals surface area contributed by atoms with E-state index in [0.29, 0.717) is 6.42 Å². The number of Topliss-reactive ketones (excluding diaryl/α,β-unsaturated/α-hetero) is 1. The summed E-state index contributed by atoms with van der Waals surface area (Å²) in [6.45, 7) is 1.63. The van der Waals surface area contributed by atoms with Gasteiger partial charge in [-0.1, -0.05) is 30.3 Å². The molecule has 1 rings (SSSR count). The third-order valence-electron chi connectivity index (χ3n) is 1.61. The summed E-state index contributed by atoms with van der Waals surface area (Å²) in [5.74, 6) is 0.258. The van der Waals surface area contributed by atoms with Gasteiger partial charge in [0.05, 0.1) is 0 Å². The molecule has 0 amide bonds. The Hall–Kier alpha value is 0.215. The van der Waals surface area contributed by atoms with Crippen molar-refractivity contribution in [2.24, 2.45) is 0 Å². The summed E-state index contributed by atoms with van der Waals surface area (Å²) in [6.07, 6.45) is 1.53. The second kappa shape index (κ2) is 8.80. The van der Waals surface area contributed by atoms with Crippen molar-refractivity contribution in [3.63, 3.8) is 0 Å². The normalized spacial score (nSPS) is 8.08. The van der Waals surface area contributed by atoms with Crippen LogP contribution in [0.2, 0.25) is 0 Å². The van der Waals surface area contributed by atoms with Crippen LogP contribution in [0.15, 0.2) is 30.3 Å². The maximum atomic E-state index is 10.6. The number of carbonyl (C=O) groups excluding carboxylic acids is 1. The van der Waals surface area contributed by atoms with Crippen LogP contribution in [0, 0.1) is 0 Å². The predicted octanol–water partition coefficient (Wildman–Crippen LogP) is 2.20. The zero-order valence-electron chi connectivity index (χ0n) is 7.34. The molecule has 0 heterocycles. The number of benzene rings is 1. The Morgan fingerprint density at radius 3 is 2.15 bits per heavy atom. The number of aryl methyl sites for hydroxylation is 1. The Labute approximate surface area is 107 Å². The molecule has 0 aromatic heterocycles. The molecule has 0 atom stereocenters. The Morgan fingerprint density at radius 1 is 1.15 bits per heavy atom. The summed E-state index contributed by atoms with van der Waals surface area (Å²) in [6, 6.07) is 10.1. The summed E-state index contributed by atoms with van der Waals surface area (Å²) in [5, 5.41) is 0. The maximum Gasteiger partial charge on any atom is 0.130 e. The number of carbonyl (C=O) groups is 1. The third kappa shape index (κ3) is 7.30. The topological polar surface area (TPSA) is 17.1 Å². The van der Waals surface area contributed by atoms with Crippen molar-refractivity contribution in [2.45, 2.75) is 19.8 Å². The van der Waals surface area contributed by atoms with E-state index in [1.165, 1.54) is 5.56 Å². The summed E-state index contributed by atoms with van der Waals surface area (Å²) in [5.41, 5.74) is 1.24. The van der Waals surface area contributed by atoms with E-state index in [-0.39, 0.29) is 46.6 Å². The van der Waals surface area contributed by atoms with Gasteiger partial charge in [-0.05, 0) is 18.9 Å². The molecular weight excluding hydrogens is 349 g/mol. The van der Waals surface area contributed by atoms with Crippen molar-refractivity contribution in [3.8, 4) is 0 Å². The van der Waals surface area contributed by atoms with E-state index in [1.807, 2.05) is 30.3 Å². The molecule has 0 aliphatic rings. The van der Waals surface area contributed by atoms with Gasteiger partial charge in [0.1, 0.15) is 5.78 Å². The third-order valence-corrected chi connectivity index (χ3v) is 1.61. The molecule has 1 nitrogen and oxygen atoms in total. The van der Waals surface area contributed by atoms with Crippen molar-refractivity contribution in [1.29, 1.82) is 0 Å². The zero-order valence-corrected chi connectivity index (χ0v) is 10.5. The molecule has 3 heteroatoms. The van der Waals surface area contributed by atoms with E-state index in [9.17, 15) is 4.79 Å². The number of rotatable bonds is 3. The van der Waals surface area contributed by atoms with E-state index in [2.05, 4.69) is 0 Å². The fourth-order valence-corrected chi connectivity index (χ4v) is 0.965. The molecule has 0 fully saturated rings. The van der Waals surface area contributed by atoms with Gasteiger partial charge < -0.3 is 4.79 Å². The molecule has 1 aromatic carbocycles. The van der Waals surface area contributed by atoms with Gasteiger partial charge in [0, 0.05) is 47.3 Å². The van der Waals surface area contributed by atoms with Crippen LogP contribution in [0.4, 0.5) is 0 Å². The minimum absolute atomic E-state index is 0. The van der Waals surface area contributed by atoms with Crippen LogP contribution in [0.5, 0.6) is 0 Å². The van der Waals surface area contributed by atoms with Crippen molar-refractivity contribution < 1.29 is 45.6 Å². The van der Waals surface area contributed by atoms with Crippen molar-refractivity contribution >= 4 is 5.78 Å².